The number of carboxylic acids is 1. The molecule has 2 heterocycles. The molecule has 0 saturated carbocycles. The van der Waals surface area contributed by atoms with Gasteiger partial charge in [-0.2, -0.15) is 0 Å². The summed E-state index contributed by atoms with van der Waals surface area (Å²) in [5.41, 5.74) is 3.22. The van der Waals surface area contributed by atoms with Crippen molar-refractivity contribution in [2.75, 3.05) is 35.8 Å². The van der Waals surface area contributed by atoms with E-state index < -0.39 is 16.0 Å². The number of aryl methyl sites for hydroxylation is 3. The maximum absolute atomic E-state index is 13.2. The first-order chi connectivity index (χ1) is 17.9. The van der Waals surface area contributed by atoms with Crippen LogP contribution in [0, 0.1) is 26.7 Å². The molecule has 9 heteroatoms. The van der Waals surface area contributed by atoms with Gasteiger partial charge >= 0.3 is 5.97 Å². The number of aromatic carboxylic acids is 1. The smallest absolute Gasteiger partial charge is 0.336 e. The van der Waals surface area contributed by atoms with E-state index in [0.717, 1.165) is 38.2 Å². The predicted octanol–water partition coefficient (Wildman–Crippen LogP) is 5.22. The SMILES string of the molecule is Cc1cc(C)c(S(=O)(=O)Nc2ccc3nc(N4CCN(C(C)CC(C)C)CC4)cc(C(=O)O)c3c2)c(C)c1. The zero-order chi connectivity index (χ0) is 27.8. The van der Waals surface area contributed by atoms with Crippen molar-refractivity contribution in [2.45, 2.75) is 58.9 Å². The number of benzene rings is 2. The number of anilines is 2. The largest absolute Gasteiger partial charge is 0.478 e. The molecule has 1 aromatic heterocycles. The van der Waals surface area contributed by atoms with E-state index in [1.165, 1.54) is 0 Å². The zero-order valence-corrected chi connectivity index (χ0v) is 23.9. The highest BCUT2D eigenvalue weighted by Gasteiger charge is 2.25. The van der Waals surface area contributed by atoms with Crippen molar-refractivity contribution >= 4 is 38.4 Å². The molecule has 1 fully saturated rings. The number of hydrogen-bond donors (Lipinski definition) is 2. The van der Waals surface area contributed by atoms with Crippen molar-refractivity contribution < 1.29 is 18.3 Å². The Balaban J connectivity index is 1.61. The minimum atomic E-state index is -3.87. The Morgan fingerprint density at radius 3 is 2.21 bits per heavy atom. The lowest BCUT2D eigenvalue weighted by Gasteiger charge is -2.39. The van der Waals surface area contributed by atoms with Crippen LogP contribution in [0.5, 0.6) is 0 Å². The molecule has 0 spiro atoms. The van der Waals surface area contributed by atoms with Crippen molar-refractivity contribution in [3.05, 3.63) is 58.7 Å². The summed E-state index contributed by atoms with van der Waals surface area (Å²) in [6, 6.07) is 10.6. The molecule has 0 bridgehead atoms. The molecule has 4 rings (SSSR count). The molecule has 0 radical (unpaired) electrons. The van der Waals surface area contributed by atoms with Gasteiger partial charge in [0.15, 0.2) is 0 Å². The second kappa shape index (κ2) is 10.9. The fraction of sp³-hybridized carbons (Fsp3) is 0.448. The molecule has 1 aliphatic heterocycles. The maximum atomic E-state index is 13.2. The molecular weight excluding hydrogens is 500 g/mol. The van der Waals surface area contributed by atoms with Crippen LogP contribution in [0.25, 0.3) is 10.9 Å². The van der Waals surface area contributed by atoms with Gasteiger partial charge in [0.2, 0.25) is 0 Å². The number of nitrogens with zero attached hydrogens (tertiary/aromatic N) is 3. The van der Waals surface area contributed by atoms with Crippen LogP contribution in [-0.4, -0.2) is 61.6 Å². The first-order valence-electron chi connectivity index (χ1n) is 13.1. The summed E-state index contributed by atoms with van der Waals surface area (Å²) < 4.78 is 29.1. The quantitative estimate of drug-likeness (QED) is 0.406. The van der Waals surface area contributed by atoms with Crippen LogP contribution in [-0.2, 0) is 10.0 Å². The zero-order valence-electron chi connectivity index (χ0n) is 23.1. The summed E-state index contributed by atoms with van der Waals surface area (Å²) in [5.74, 6) is 0.195. The van der Waals surface area contributed by atoms with Crippen LogP contribution in [0.15, 0.2) is 41.3 Å². The molecule has 38 heavy (non-hydrogen) atoms. The molecule has 0 amide bonds. The van der Waals surface area contributed by atoms with Crippen LogP contribution in [0.1, 0.15) is 54.2 Å². The molecule has 1 saturated heterocycles. The third-order valence-electron chi connectivity index (χ3n) is 7.23. The van der Waals surface area contributed by atoms with Crippen molar-refractivity contribution in [2.24, 2.45) is 5.92 Å². The van der Waals surface area contributed by atoms with Gasteiger partial charge in [0, 0.05) is 43.3 Å². The van der Waals surface area contributed by atoms with Crippen molar-refractivity contribution in [3.63, 3.8) is 0 Å². The number of piperazine rings is 1. The average molecular weight is 539 g/mol. The van der Waals surface area contributed by atoms with Gasteiger partial charge in [-0.1, -0.05) is 31.5 Å². The van der Waals surface area contributed by atoms with Crippen LogP contribution in [0.3, 0.4) is 0 Å². The Bertz CT molecular complexity index is 1440. The fourth-order valence-electron chi connectivity index (χ4n) is 5.63. The predicted molar refractivity (Wildman–Crippen MR) is 153 cm³/mol. The van der Waals surface area contributed by atoms with E-state index in [9.17, 15) is 18.3 Å². The maximum Gasteiger partial charge on any atom is 0.336 e. The number of fused-ring (bicyclic) bond motifs is 1. The molecule has 2 N–H and O–H groups in total. The van der Waals surface area contributed by atoms with Gasteiger partial charge < -0.3 is 10.0 Å². The van der Waals surface area contributed by atoms with Crippen LogP contribution in [0.2, 0.25) is 0 Å². The van der Waals surface area contributed by atoms with E-state index in [1.807, 2.05) is 19.1 Å². The van der Waals surface area contributed by atoms with E-state index in [-0.39, 0.29) is 10.5 Å². The normalized spacial score (nSPS) is 15.7. The Kier molecular flexibility index (Phi) is 7.99. The van der Waals surface area contributed by atoms with Gasteiger partial charge in [-0.25, -0.2) is 18.2 Å². The van der Waals surface area contributed by atoms with Crippen LogP contribution >= 0.6 is 0 Å². The van der Waals surface area contributed by atoms with E-state index in [4.69, 9.17) is 4.98 Å². The van der Waals surface area contributed by atoms with Gasteiger partial charge in [-0.15, -0.1) is 0 Å². The van der Waals surface area contributed by atoms with Crippen molar-refractivity contribution in [1.29, 1.82) is 0 Å². The third kappa shape index (κ3) is 5.94. The van der Waals surface area contributed by atoms with E-state index in [1.54, 1.807) is 38.1 Å². The fourth-order valence-corrected chi connectivity index (χ4v) is 7.14. The summed E-state index contributed by atoms with van der Waals surface area (Å²) in [4.78, 5) is 21.8. The number of sulfonamides is 1. The number of pyridine rings is 1. The van der Waals surface area contributed by atoms with Gasteiger partial charge in [-0.05, 0) is 75.4 Å². The topological polar surface area (TPSA) is 103 Å². The van der Waals surface area contributed by atoms with Crippen LogP contribution < -0.4 is 9.62 Å². The summed E-state index contributed by atoms with van der Waals surface area (Å²) in [6.45, 7) is 15.5. The average Bonchev–Trinajstić information content (AvgIpc) is 2.81. The number of nitrogens with one attached hydrogen (secondary N) is 1. The standard InChI is InChI=1S/C29H38N4O4S/c1-18(2)13-22(6)32-9-11-33(12-10-32)27-17-25(29(34)35)24-16-23(7-8-26(24)30-27)31-38(36,37)28-20(4)14-19(3)15-21(28)5/h7-8,14-18,22,31H,9-13H2,1-6H3,(H,34,35). The Hall–Kier alpha value is -3.17. The molecule has 2 aromatic carbocycles. The lowest BCUT2D eigenvalue weighted by molar-refractivity contribution is 0.0699. The number of rotatable bonds is 8. The number of aromatic nitrogens is 1. The first kappa shape index (κ1) is 27.9. The van der Waals surface area contributed by atoms with Crippen molar-refractivity contribution in [1.82, 2.24) is 9.88 Å². The van der Waals surface area contributed by atoms with E-state index >= 15 is 0 Å². The Morgan fingerprint density at radius 2 is 1.63 bits per heavy atom. The second-order valence-electron chi connectivity index (χ2n) is 10.9. The van der Waals surface area contributed by atoms with E-state index in [2.05, 4.69) is 35.3 Å². The molecule has 204 valence electrons. The molecule has 0 aliphatic carbocycles. The monoisotopic (exact) mass is 538 g/mol. The Morgan fingerprint density at radius 1 is 1.00 bits per heavy atom. The molecule has 1 aliphatic rings. The number of carbonyl (C=O) groups is 1. The first-order valence-corrected chi connectivity index (χ1v) is 14.6. The Labute approximate surface area is 225 Å². The molecule has 1 unspecified atom stereocenters. The van der Waals surface area contributed by atoms with E-state index in [0.29, 0.717) is 45.5 Å². The summed E-state index contributed by atoms with van der Waals surface area (Å²) in [6.07, 6.45) is 1.15. The third-order valence-corrected chi connectivity index (χ3v) is 8.91. The number of carboxylic acid groups (broad SMARTS) is 1. The minimum Gasteiger partial charge on any atom is -0.478 e. The highest BCUT2D eigenvalue weighted by atomic mass is 32.2. The molecule has 1 atom stereocenters. The van der Waals surface area contributed by atoms with Crippen LogP contribution in [0.4, 0.5) is 11.5 Å². The lowest BCUT2D eigenvalue weighted by Crippen LogP contribution is -2.50. The minimum absolute atomic E-state index is 0.101. The molecular formula is C29H38N4O4S. The highest BCUT2D eigenvalue weighted by molar-refractivity contribution is 7.92. The summed E-state index contributed by atoms with van der Waals surface area (Å²) >= 11 is 0. The number of hydrogen-bond acceptors (Lipinski definition) is 6. The lowest BCUT2D eigenvalue weighted by atomic mass is 10.0. The van der Waals surface area contributed by atoms with Gasteiger partial charge in [-0.3, -0.25) is 9.62 Å². The summed E-state index contributed by atoms with van der Waals surface area (Å²) in [7, 11) is -3.87. The second-order valence-corrected chi connectivity index (χ2v) is 12.5. The molecule has 3 aromatic rings. The highest BCUT2D eigenvalue weighted by Crippen LogP contribution is 2.29. The van der Waals surface area contributed by atoms with Gasteiger partial charge in [0.25, 0.3) is 10.0 Å². The molecule has 8 nitrogen and oxygen atoms in total. The summed E-state index contributed by atoms with van der Waals surface area (Å²) in [5, 5.41) is 10.4. The van der Waals surface area contributed by atoms with Gasteiger partial charge in [0.1, 0.15) is 5.82 Å². The van der Waals surface area contributed by atoms with Gasteiger partial charge in [0.05, 0.1) is 16.0 Å². The van der Waals surface area contributed by atoms with Crippen molar-refractivity contribution in [3.8, 4) is 0 Å².